The molecule has 2 N–H and O–H groups in total. The topological polar surface area (TPSA) is 87.5 Å². The van der Waals surface area contributed by atoms with E-state index in [1.54, 1.807) is 23.1 Å². The first-order chi connectivity index (χ1) is 13.0. The lowest BCUT2D eigenvalue weighted by molar-refractivity contribution is 0.0731. The van der Waals surface area contributed by atoms with Crippen molar-refractivity contribution in [2.45, 2.75) is 39.0 Å². The number of hydrogen-bond acceptors (Lipinski definition) is 4. The van der Waals surface area contributed by atoms with Gasteiger partial charge in [0, 0.05) is 31.3 Å². The number of rotatable bonds is 6. The third-order valence-corrected chi connectivity index (χ3v) is 4.50. The lowest BCUT2D eigenvalue weighted by atomic mass is 10.1. The Labute approximate surface area is 156 Å². The Balaban J connectivity index is 1.86. The van der Waals surface area contributed by atoms with Gasteiger partial charge < -0.3 is 15.3 Å². The third-order valence-electron chi connectivity index (χ3n) is 4.50. The maximum atomic E-state index is 14.0. The molecular weight excluding hydrogens is 351 g/mol. The number of aromatic nitrogens is 2. The van der Waals surface area contributed by atoms with E-state index in [0.29, 0.717) is 12.1 Å². The molecule has 0 spiro atoms. The number of hydrogen-bond donors (Lipinski definition) is 2. The maximum Gasteiger partial charge on any atom is 0.274 e. The fourth-order valence-electron chi connectivity index (χ4n) is 3.00. The van der Waals surface area contributed by atoms with Crippen LogP contribution in [0, 0.1) is 5.82 Å². The van der Waals surface area contributed by atoms with E-state index in [2.05, 4.69) is 10.4 Å². The average Bonchev–Trinajstić information content (AvgIpc) is 3.02. The van der Waals surface area contributed by atoms with Crippen molar-refractivity contribution >= 4 is 11.8 Å². The number of carbonyl (C=O) groups excluding carboxylic acids is 2. The van der Waals surface area contributed by atoms with Gasteiger partial charge in [-0.3, -0.25) is 14.3 Å². The third kappa shape index (κ3) is 4.33. The molecule has 7 nitrogen and oxygen atoms in total. The number of carbonyl (C=O) groups is 2. The fraction of sp³-hybridized carbons (Fsp3) is 0.421. The van der Waals surface area contributed by atoms with E-state index in [1.807, 2.05) is 6.92 Å². The monoisotopic (exact) mass is 374 g/mol. The number of benzene rings is 1. The summed E-state index contributed by atoms with van der Waals surface area (Å²) in [5, 5.41) is 16.6. The minimum absolute atomic E-state index is 0.113. The summed E-state index contributed by atoms with van der Waals surface area (Å²) in [6, 6.07) is 7.77. The number of nitrogens with one attached hydrogen (secondary N) is 1. The van der Waals surface area contributed by atoms with Crippen molar-refractivity contribution in [2.75, 3.05) is 13.1 Å². The first kappa shape index (κ1) is 19.0. The Bertz CT molecular complexity index is 836. The highest BCUT2D eigenvalue weighted by Gasteiger charge is 2.26. The number of amides is 2. The molecule has 0 saturated heterocycles. The minimum atomic E-state index is -0.771. The molecule has 1 atom stereocenters. The first-order valence-electron chi connectivity index (χ1n) is 9.06. The highest BCUT2D eigenvalue weighted by Crippen LogP contribution is 2.16. The van der Waals surface area contributed by atoms with Gasteiger partial charge in [-0.2, -0.15) is 5.10 Å². The molecule has 3 rings (SSSR count). The van der Waals surface area contributed by atoms with Crippen molar-refractivity contribution in [1.82, 2.24) is 20.0 Å². The fourth-order valence-corrected chi connectivity index (χ4v) is 3.00. The van der Waals surface area contributed by atoms with Crippen LogP contribution in [-0.4, -0.2) is 50.8 Å². The Morgan fingerprint density at radius 2 is 2.22 bits per heavy atom. The Kier molecular flexibility index (Phi) is 5.85. The Morgan fingerprint density at radius 1 is 1.44 bits per heavy atom. The van der Waals surface area contributed by atoms with Crippen LogP contribution in [0.2, 0.25) is 0 Å². The molecule has 2 heterocycles. The smallest absolute Gasteiger partial charge is 0.274 e. The molecule has 0 fully saturated rings. The second-order valence-corrected chi connectivity index (χ2v) is 6.63. The normalized spacial score (nSPS) is 16.4. The number of aliphatic hydroxyl groups excluding tert-OH is 1. The Hall–Kier alpha value is -2.74. The van der Waals surface area contributed by atoms with E-state index >= 15 is 0 Å². The van der Waals surface area contributed by atoms with Crippen molar-refractivity contribution in [3.05, 3.63) is 53.1 Å². The summed E-state index contributed by atoms with van der Waals surface area (Å²) < 4.78 is 15.4. The van der Waals surface area contributed by atoms with E-state index in [9.17, 15) is 19.1 Å². The molecule has 2 aromatic rings. The van der Waals surface area contributed by atoms with Crippen LogP contribution in [0.5, 0.6) is 0 Å². The molecule has 1 aliphatic heterocycles. The SMILES string of the molecule is CCCCN(Cc1ccccc1F)C(=O)c1cc2n(n1)C[C@H](O)CNC2=O. The molecule has 27 heavy (non-hydrogen) atoms. The molecule has 0 saturated carbocycles. The zero-order valence-electron chi connectivity index (χ0n) is 15.2. The second-order valence-electron chi connectivity index (χ2n) is 6.63. The van der Waals surface area contributed by atoms with Crippen LogP contribution in [0.4, 0.5) is 4.39 Å². The average molecular weight is 374 g/mol. The lowest BCUT2D eigenvalue weighted by Crippen LogP contribution is -2.33. The second kappa shape index (κ2) is 8.30. The predicted molar refractivity (Wildman–Crippen MR) is 96.6 cm³/mol. The number of nitrogens with zero attached hydrogens (tertiary/aromatic N) is 3. The van der Waals surface area contributed by atoms with E-state index in [1.165, 1.54) is 16.8 Å². The van der Waals surface area contributed by atoms with Crippen LogP contribution < -0.4 is 5.32 Å². The Morgan fingerprint density at radius 3 is 2.96 bits per heavy atom. The standard InChI is InChI=1S/C19H23FN4O3/c1-2-3-8-23(11-13-6-4-5-7-15(13)20)19(27)16-9-17-18(26)21-10-14(25)12-24(17)22-16/h4-7,9,14,25H,2-3,8,10-12H2,1H3,(H,21,26)/t14-/m1/s1. The van der Waals surface area contributed by atoms with Gasteiger partial charge in [0.2, 0.25) is 0 Å². The van der Waals surface area contributed by atoms with Crippen LogP contribution in [-0.2, 0) is 13.1 Å². The molecule has 144 valence electrons. The summed E-state index contributed by atoms with van der Waals surface area (Å²) in [4.78, 5) is 26.6. The van der Waals surface area contributed by atoms with E-state index in [0.717, 1.165) is 12.8 Å². The van der Waals surface area contributed by atoms with Gasteiger partial charge in [-0.15, -0.1) is 0 Å². The summed E-state index contributed by atoms with van der Waals surface area (Å²) >= 11 is 0. The number of halogens is 1. The number of β-amino-alcohol motifs (C(OH)–C–C–N with tert-alkyl or cyclic N) is 1. The lowest BCUT2D eigenvalue weighted by Gasteiger charge is -2.22. The largest absolute Gasteiger partial charge is 0.389 e. The van der Waals surface area contributed by atoms with Gasteiger partial charge in [-0.1, -0.05) is 31.5 Å². The van der Waals surface area contributed by atoms with Gasteiger partial charge in [-0.25, -0.2) is 4.39 Å². The van der Waals surface area contributed by atoms with Crippen LogP contribution in [0.3, 0.4) is 0 Å². The van der Waals surface area contributed by atoms with E-state index in [-0.39, 0.29) is 48.7 Å². The number of aliphatic hydroxyl groups is 1. The van der Waals surface area contributed by atoms with Crippen molar-refractivity contribution in [1.29, 1.82) is 0 Å². The summed E-state index contributed by atoms with van der Waals surface area (Å²) in [6.07, 6.45) is 0.884. The molecule has 0 unspecified atom stereocenters. The predicted octanol–water partition coefficient (Wildman–Crippen LogP) is 1.57. The van der Waals surface area contributed by atoms with Gasteiger partial charge in [0.15, 0.2) is 5.69 Å². The zero-order chi connectivity index (χ0) is 19.4. The summed E-state index contributed by atoms with van der Waals surface area (Å²) in [6.45, 7) is 2.87. The van der Waals surface area contributed by atoms with Crippen LogP contribution in [0.1, 0.15) is 46.3 Å². The zero-order valence-corrected chi connectivity index (χ0v) is 15.2. The first-order valence-corrected chi connectivity index (χ1v) is 9.06. The summed E-state index contributed by atoms with van der Waals surface area (Å²) in [5.41, 5.74) is 0.772. The van der Waals surface area contributed by atoms with Crippen molar-refractivity contribution in [3.8, 4) is 0 Å². The van der Waals surface area contributed by atoms with Gasteiger partial charge in [0.25, 0.3) is 11.8 Å². The van der Waals surface area contributed by atoms with Crippen LogP contribution >= 0.6 is 0 Å². The molecule has 2 amide bonds. The molecular formula is C19H23FN4O3. The number of unbranched alkanes of at least 4 members (excludes halogenated alkanes) is 1. The molecule has 1 aromatic carbocycles. The van der Waals surface area contributed by atoms with Gasteiger partial charge in [0.05, 0.1) is 12.6 Å². The van der Waals surface area contributed by atoms with E-state index < -0.39 is 6.10 Å². The van der Waals surface area contributed by atoms with Crippen LogP contribution in [0.15, 0.2) is 30.3 Å². The quantitative estimate of drug-likeness (QED) is 0.803. The van der Waals surface area contributed by atoms with E-state index in [4.69, 9.17) is 0 Å². The van der Waals surface area contributed by atoms with Gasteiger partial charge in [0.1, 0.15) is 11.5 Å². The van der Waals surface area contributed by atoms with Gasteiger partial charge in [-0.05, 0) is 12.5 Å². The van der Waals surface area contributed by atoms with Gasteiger partial charge >= 0.3 is 0 Å². The summed E-state index contributed by atoms with van der Waals surface area (Å²) in [5.74, 6) is -1.11. The molecule has 0 aliphatic carbocycles. The highest BCUT2D eigenvalue weighted by molar-refractivity contribution is 5.98. The molecule has 8 heteroatoms. The molecule has 0 bridgehead atoms. The summed E-state index contributed by atoms with van der Waals surface area (Å²) in [7, 11) is 0. The minimum Gasteiger partial charge on any atom is -0.389 e. The molecule has 1 aromatic heterocycles. The number of fused-ring (bicyclic) bond motifs is 1. The van der Waals surface area contributed by atoms with Crippen molar-refractivity contribution < 1.29 is 19.1 Å². The highest BCUT2D eigenvalue weighted by atomic mass is 19.1. The van der Waals surface area contributed by atoms with Crippen molar-refractivity contribution in [2.24, 2.45) is 0 Å². The van der Waals surface area contributed by atoms with Crippen molar-refractivity contribution in [3.63, 3.8) is 0 Å². The van der Waals surface area contributed by atoms with Crippen LogP contribution in [0.25, 0.3) is 0 Å². The maximum absolute atomic E-state index is 14.0. The molecule has 1 aliphatic rings. The molecule has 0 radical (unpaired) electrons.